The van der Waals surface area contributed by atoms with Crippen LogP contribution < -0.4 is 0 Å². The fourth-order valence-corrected chi connectivity index (χ4v) is 4.40. The van der Waals surface area contributed by atoms with Crippen LogP contribution in [-0.4, -0.2) is 11.2 Å². The van der Waals surface area contributed by atoms with Gasteiger partial charge in [0.05, 0.1) is 6.10 Å². The zero-order valence-corrected chi connectivity index (χ0v) is 11.6. The van der Waals surface area contributed by atoms with E-state index in [0.717, 1.165) is 0 Å². The SMILES string of the molecule is CCCC1(C(O)C2CCCCC2)CCCCC1. The van der Waals surface area contributed by atoms with E-state index in [0.29, 0.717) is 11.3 Å². The van der Waals surface area contributed by atoms with Gasteiger partial charge in [0, 0.05) is 0 Å². The van der Waals surface area contributed by atoms with Gasteiger partial charge in [0.15, 0.2) is 0 Å². The second kappa shape index (κ2) is 6.22. The highest BCUT2D eigenvalue weighted by Gasteiger charge is 2.41. The minimum Gasteiger partial charge on any atom is -0.392 e. The summed E-state index contributed by atoms with van der Waals surface area (Å²) in [6, 6.07) is 0. The smallest absolute Gasteiger partial charge is 0.0624 e. The highest BCUT2D eigenvalue weighted by molar-refractivity contribution is 4.92. The van der Waals surface area contributed by atoms with Gasteiger partial charge in [0.1, 0.15) is 0 Å². The van der Waals surface area contributed by atoms with Gasteiger partial charge in [0.2, 0.25) is 0 Å². The predicted octanol–water partition coefficient (Wildman–Crippen LogP) is 4.68. The maximum absolute atomic E-state index is 10.9. The molecule has 2 aliphatic carbocycles. The van der Waals surface area contributed by atoms with Crippen molar-refractivity contribution in [2.24, 2.45) is 11.3 Å². The second-order valence-electron chi connectivity index (χ2n) is 6.52. The maximum atomic E-state index is 10.9. The van der Waals surface area contributed by atoms with Crippen molar-refractivity contribution in [3.05, 3.63) is 0 Å². The van der Waals surface area contributed by atoms with E-state index in [2.05, 4.69) is 6.92 Å². The van der Waals surface area contributed by atoms with E-state index in [9.17, 15) is 5.11 Å². The summed E-state index contributed by atoms with van der Waals surface area (Å²) in [6.07, 6.45) is 15.8. The molecule has 0 aromatic carbocycles. The molecular formula is C16H30O. The lowest BCUT2D eigenvalue weighted by Gasteiger charge is -2.45. The van der Waals surface area contributed by atoms with Crippen LogP contribution in [-0.2, 0) is 0 Å². The van der Waals surface area contributed by atoms with Gasteiger partial charge < -0.3 is 5.11 Å². The third-order valence-corrected chi connectivity index (χ3v) is 5.32. The molecule has 0 saturated heterocycles. The van der Waals surface area contributed by atoms with Gasteiger partial charge in [-0.2, -0.15) is 0 Å². The van der Waals surface area contributed by atoms with Crippen molar-refractivity contribution in [1.82, 2.24) is 0 Å². The first kappa shape index (κ1) is 13.4. The Kier molecular flexibility index (Phi) is 4.90. The standard InChI is InChI=1S/C16H30O/c1-2-11-16(12-7-4-8-13-16)15(17)14-9-5-3-6-10-14/h14-15,17H,2-13H2,1H3. The fourth-order valence-electron chi connectivity index (χ4n) is 4.40. The van der Waals surface area contributed by atoms with Gasteiger partial charge in [-0.25, -0.2) is 0 Å². The average Bonchev–Trinajstić information content (AvgIpc) is 2.40. The first-order chi connectivity index (χ1) is 8.28. The second-order valence-corrected chi connectivity index (χ2v) is 6.52. The molecule has 0 aromatic rings. The van der Waals surface area contributed by atoms with Gasteiger partial charge in [-0.1, -0.05) is 51.9 Å². The van der Waals surface area contributed by atoms with Crippen molar-refractivity contribution in [3.8, 4) is 0 Å². The van der Waals surface area contributed by atoms with Gasteiger partial charge in [-0.05, 0) is 43.4 Å². The van der Waals surface area contributed by atoms with E-state index in [1.807, 2.05) is 0 Å². The summed E-state index contributed by atoms with van der Waals surface area (Å²) in [4.78, 5) is 0. The van der Waals surface area contributed by atoms with Gasteiger partial charge in [-0.3, -0.25) is 0 Å². The molecular weight excluding hydrogens is 208 g/mol. The Morgan fingerprint density at radius 1 is 1.00 bits per heavy atom. The van der Waals surface area contributed by atoms with E-state index < -0.39 is 0 Å². The van der Waals surface area contributed by atoms with E-state index in [1.54, 1.807) is 0 Å². The Morgan fingerprint density at radius 3 is 2.18 bits per heavy atom. The maximum Gasteiger partial charge on any atom is 0.0624 e. The average molecular weight is 238 g/mol. The molecule has 0 heterocycles. The summed E-state index contributed by atoms with van der Waals surface area (Å²) in [5.41, 5.74) is 0.301. The molecule has 0 aliphatic heterocycles. The minimum atomic E-state index is 0.00282. The molecule has 17 heavy (non-hydrogen) atoms. The molecule has 0 aromatic heterocycles. The highest BCUT2D eigenvalue weighted by Crippen LogP contribution is 2.47. The monoisotopic (exact) mass is 238 g/mol. The third kappa shape index (κ3) is 3.05. The lowest BCUT2D eigenvalue weighted by molar-refractivity contribution is -0.0571. The predicted molar refractivity (Wildman–Crippen MR) is 73.0 cm³/mol. The Labute approximate surface area is 107 Å². The normalized spacial score (nSPS) is 27.9. The van der Waals surface area contributed by atoms with E-state index in [4.69, 9.17) is 0 Å². The molecule has 1 unspecified atom stereocenters. The molecule has 0 amide bonds. The van der Waals surface area contributed by atoms with Crippen molar-refractivity contribution < 1.29 is 5.11 Å². The molecule has 0 bridgehead atoms. The zero-order chi connectivity index (χ0) is 12.1. The molecule has 100 valence electrons. The largest absolute Gasteiger partial charge is 0.392 e. The van der Waals surface area contributed by atoms with Gasteiger partial charge in [-0.15, -0.1) is 0 Å². The highest BCUT2D eigenvalue weighted by atomic mass is 16.3. The van der Waals surface area contributed by atoms with Crippen LogP contribution in [0.5, 0.6) is 0 Å². The fraction of sp³-hybridized carbons (Fsp3) is 1.00. The molecule has 1 heteroatoms. The van der Waals surface area contributed by atoms with Crippen molar-refractivity contribution in [2.75, 3.05) is 0 Å². The van der Waals surface area contributed by atoms with Crippen LogP contribution in [0.1, 0.15) is 84.0 Å². The zero-order valence-electron chi connectivity index (χ0n) is 11.6. The van der Waals surface area contributed by atoms with E-state index in [-0.39, 0.29) is 6.10 Å². The first-order valence-corrected chi connectivity index (χ1v) is 7.96. The quantitative estimate of drug-likeness (QED) is 0.754. The summed E-state index contributed by atoms with van der Waals surface area (Å²) < 4.78 is 0. The number of rotatable bonds is 4. The van der Waals surface area contributed by atoms with Crippen molar-refractivity contribution in [1.29, 1.82) is 0 Å². The van der Waals surface area contributed by atoms with Crippen LogP contribution in [0.15, 0.2) is 0 Å². The van der Waals surface area contributed by atoms with E-state index in [1.165, 1.54) is 77.0 Å². The van der Waals surface area contributed by atoms with E-state index >= 15 is 0 Å². The number of hydrogen-bond donors (Lipinski definition) is 1. The lowest BCUT2D eigenvalue weighted by Crippen LogP contribution is -2.42. The number of hydrogen-bond acceptors (Lipinski definition) is 1. The summed E-state index contributed by atoms with van der Waals surface area (Å²) >= 11 is 0. The molecule has 1 N–H and O–H groups in total. The van der Waals surface area contributed by atoms with Gasteiger partial charge in [0.25, 0.3) is 0 Å². The molecule has 1 nitrogen and oxygen atoms in total. The molecule has 2 fully saturated rings. The van der Waals surface area contributed by atoms with Crippen LogP contribution in [0.4, 0.5) is 0 Å². The molecule has 1 atom stereocenters. The van der Waals surface area contributed by atoms with Crippen LogP contribution in [0, 0.1) is 11.3 Å². The molecule has 2 saturated carbocycles. The Hall–Kier alpha value is -0.0400. The summed E-state index contributed by atoms with van der Waals surface area (Å²) in [5, 5.41) is 10.9. The number of aliphatic hydroxyl groups is 1. The Bertz CT molecular complexity index is 206. The lowest BCUT2D eigenvalue weighted by atomic mass is 9.63. The van der Waals surface area contributed by atoms with Crippen LogP contribution in [0.25, 0.3) is 0 Å². The molecule has 0 spiro atoms. The van der Waals surface area contributed by atoms with Crippen LogP contribution >= 0.6 is 0 Å². The third-order valence-electron chi connectivity index (χ3n) is 5.32. The van der Waals surface area contributed by atoms with Crippen LogP contribution in [0.2, 0.25) is 0 Å². The van der Waals surface area contributed by atoms with Crippen molar-refractivity contribution in [3.63, 3.8) is 0 Å². The van der Waals surface area contributed by atoms with Crippen LogP contribution in [0.3, 0.4) is 0 Å². The minimum absolute atomic E-state index is 0.00282. The molecule has 0 radical (unpaired) electrons. The Morgan fingerprint density at radius 2 is 1.59 bits per heavy atom. The molecule has 2 aliphatic rings. The topological polar surface area (TPSA) is 20.2 Å². The molecule has 2 rings (SSSR count). The first-order valence-electron chi connectivity index (χ1n) is 7.96. The van der Waals surface area contributed by atoms with Crippen molar-refractivity contribution >= 4 is 0 Å². The Balaban J connectivity index is 2.02. The summed E-state index contributed by atoms with van der Waals surface area (Å²) in [6.45, 7) is 2.28. The number of aliphatic hydroxyl groups excluding tert-OH is 1. The van der Waals surface area contributed by atoms with Crippen molar-refractivity contribution in [2.45, 2.75) is 90.1 Å². The summed E-state index contributed by atoms with van der Waals surface area (Å²) in [5.74, 6) is 0.619. The van der Waals surface area contributed by atoms with Gasteiger partial charge >= 0.3 is 0 Å². The summed E-state index contributed by atoms with van der Waals surface area (Å²) in [7, 11) is 0.